The molecule has 4 nitrogen and oxygen atoms in total. The van der Waals surface area contributed by atoms with Crippen molar-refractivity contribution < 1.29 is 14.2 Å². The number of nitrogens with zero attached hydrogens (tertiary/aromatic N) is 1. The van der Waals surface area contributed by atoms with E-state index < -0.39 is 0 Å². The zero-order valence-corrected chi connectivity index (χ0v) is 12.9. The van der Waals surface area contributed by atoms with E-state index in [-0.39, 0.29) is 0 Å². The van der Waals surface area contributed by atoms with Gasteiger partial charge in [0.15, 0.2) is 11.5 Å². The normalized spacial score (nSPS) is 16.1. The summed E-state index contributed by atoms with van der Waals surface area (Å²) >= 11 is 6.29. The Kier molecular flexibility index (Phi) is 5.95. The van der Waals surface area contributed by atoms with Crippen LogP contribution in [-0.4, -0.2) is 52.0 Å². The predicted molar refractivity (Wildman–Crippen MR) is 80.1 cm³/mol. The van der Waals surface area contributed by atoms with Crippen LogP contribution in [0.4, 0.5) is 0 Å². The van der Waals surface area contributed by atoms with Gasteiger partial charge < -0.3 is 14.2 Å². The molecule has 112 valence electrons. The van der Waals surface area contributed by atoms with Crippen molar-refractivity contribution >= 4 is 11.6 Å². The lowest BCUT2D eigenvalue weighted by Gasteiger charge is -2.26. The molecule has 0 aliphatic carbocycles. The maximum absolute atomic E-state index is 6.29. The third-order valence-corrected chi connectivity index (χ3v) is 3.93. The molecule has 0 atom stereocenters. The molecule has 1 heterocycles. The second-order valence-electron chi connectivity index (χ2n) is 4.86. The summed E-state index contributed by atoms with van der Waals surface area (Å²) < 4.78 is 15.9. The first kappa shape index (κ1) is 15.4. The Morgan fingerprint density at radius 1 is 1.15 bits per heavy atom. The lowest BCUT2D eigenvalue weighted by molar-refractivity contribution is 0.0374. The van der Waals surface area contributed by atoms with Gasteiger partial charge in [-0.2, -0.15) is 0 Å². The lowest BCUT2D eigenvalue weighted by atomic mass is 10.1. The number of rotatable bonds is 6. The van der Waals surface area contributed by atoms with E-state index in [0.29, 0.717) is 5.75 Å². The average molecular weight is 300 g/mol. The largest absolute Gasteiger partial charge is 0.493 e. The average Bonchev–Trinajstić information content (AvgIpc) is 2.49. The topological polar surface area (TPSA) is 30.9 Å². The van der Waals surface area contributed by atoms with Gasteiger partial charge >= 0.3 is 0 Å². The van der Waals surface area contributed by atoms with E-state index >= 15 is 0 Å². The summed E-state index contributed by atoms with van der Waals surface area (Å²) in [5, 5.41) is 0.740. The Balaban J connectivity index is 1.91. The summed E-state index contributed by atoms with van der Waals surface area (Å²) in [4.78, 5) is 2.43. The lowest BCUT2D eigenvalue weighted by Crippen LogP contribution is -2.36. The van der Waals surface area contributed by atoms with Crippen LogP contribution >= 0.6 is 11.6 Å². The molecule has 5 heteroatoms. The van der Waals surface area contributed by atoms with Crippen LogP contribution in [0, 0.1) is 0 Å². The highest BCUT2D eigenvalue weighted by atomic mass is 35.5. The van der Waals surface area contributed by atoms with E-state index in [1.54, 1.807) is 14.2 Å². The highest BCUT2D eigenvalue weighted by molar-refractivity contribution is 6.31. The molecular weight excluding hydrogens is 278 g/mol. The van der Waals surface area contributed by atoms with Crippen molar-refractivity contribution in [3.63, 3.8) is 0 Å². The van der Waals surface area contributed by atoms with Crippen LogP contribution in [0.15, 0.2) is 12.1 Å². The van der Waals surface area contributed by atoms with Crippen LogP contribution in [0.3, 0.4) is 0 Å². The maximum atomic E-state index is 6.29. The van der Waals surface area contributed by atoms with Gasteiger partial charge in [0.1, 0.15) is 0 Å². The minimum atomic E-state index is 0.675. The fourth-order valence-electron chi connectivity index (χ4n) is 2.41. The molecule has 0 saturated carbocycles. The summed E-state index contributed by atoms with van der Waals surface area (Å²) in [7, 11) is 3.26. The van der Waals surface area contributed by atoms with Gasteiger partial charge in [0.25, 0.3) is 0 Å². The van der Waals surface area contributed by atoms with Gasteiger partial charge in [-0.25, -0.2) is 0 Å². The summed E-state index contributed by atoms with van der Waals surface area (Å²) in [6, 6.07) is 3.80. The van der Waals surface area contributed by atoms with Gasteiger partial charge in [-0.05, 0) is 31.0 Å². The van der Waals surface area contributed by atoms with E-state index in [0.717, 1.165) is 62.0 Å². The van der Waals surface area contributed by atoms with E-state index in [9.17, 15) is 0 Å². The van der Waals surface area contributed by atoms with Gasteiger partial charge in [-0.1, -0.05) is 11.6 Å². The monoisotopic (exact) mass is 299 g/mol. The van der Waals surface area contributed by atoms with E-state index in [1.165, 1.54) is 0 Å². The molecule has 0 spiro atoms. The molecule has 0 bridgehead atoms. The van der Waals surface area contributed by atoms with Crippen molar-refractivity contribution in [1.29, 1.82) is 0 Å². The Hall–Kier alpha value is -0.970. The Morgan fingerprint density at radius 2 is 1.80 bits per heavy atom. The van der Waals surface area contributed by atoms with Gasteiger partial charge in [-0.3, -0.25) is 4.90 Å². The van der Waals surface area contributed by atoms with Crippen LogP contribution in [0.5, 0.6) is 11.5 Å². The van der Waals surface area contributed by atoms with Gasteiger partial charge in [0.05, 0.1) is 27.4 Å². The van der Waals surface area contributed by atoms with E-state index in [2.05, 4.69) is 4.90 Å². The van der Waals surface area contributed by atoms with Crippen molar-refractivity contribution in [2.24, 2.45) is 0 Å². The van der Waals surface area contributed by atoms with Crippen molar-refractivity contribution in [2.75, 3.05) is 47.1 Å². The molecule has 1 aromatic rings. The minimum Gasteiger partial charge on any atom is -0.493 e. The van der Waals surface area contributed by atoms with Crippen molar-refractivity contribution in [1.82, 2.24) is 4.90 Å². The van der Waals surface area contributed by atoms with Crippen LogP contribution < -0.4 is 9.47 Å². The number of halogens is 1. The Labute approximate surface area is 125 Å². The van der Waals surface area contributed by atoms with Crippen LogP contribution in [-0.2, 0) is 11.2 Å². The fraction of sp³-hybridized carbons (Fsp3) is 0.600. The van der Waals surface area contributed by atoms with Crippen molar-refractivity contribution in [3.05, 3.63) is 22.7 Å². The first-order valence-electron chi connectivity index (χ1n) is 6.95. The molecular formula is C15H22ClNO3. The Morgan fingerprint density at radius 3 is 2.45 bits per heavy atom. The predicted octanol–water partition coefficient (Wildman–Crippen LogP) is 2.62. The fourth-order valence-corrected chi connectivity index (χ4v) is 2.65. The van der Waals surface area contributed by atoms with Crippen LogP contribution in [0.2, 0.25) is 5.02 Å². The number of methoxy groups -OCH3 is 2. The third-order valence-electron chi connectivity index (χ3n) is 3.58. The minimum absolute atomic E-state index is 0.675. The summed E-state index contributed by atoms with van der Waals surface area (Å²) in [6.45, 7) is 4.82. The number of aryl methyl sites for hydroxylation is 1. The highest BCUT2D eigenvalue weighted by Gasteiger charge is 2.12. The highest BCUT2D eigenvalue weighted by Crippen LogP contribution is 2.33. The number of hydrogen-bond acceptors (Lipinski definition) is 4. The zero-order valence-electron chi connectivity index (χ0n) is 12.2. The number of benzene rings is 1. The molecule has 2 rings (SSSR count). The SMILES string of the molecule is COc1cc(Cl)c(CCCN2CCOCC2)cc1OC. The molecule has 0 aromatic heterocycles. The molecule has 0 amide bonds. The molecule has 1 saturated heterocycles. The molecule has 20 heavy (non-hydrogen) atoms. The standard InChI is InChI=1S/C15H22ClNO3/c1-18-14-10-12(13(16)11-15(14)19-2)4-3-5-17-6-8-20-9-7-17/h10-11H,3-9H2,1-2H3. The molecule has 0 radical (unpaired) electrons. The van der Waals surface area contributed by atoms with Gasteiger partial charge in [0, 0.05) is 24.2 Å². The second-order valence-corrected chi connectivity index (χ2v) is 5.26. The third kappa shape index (κ3) is 4.01. The molecule has 1 aliphatic rings. The summed E-state index contributed by atoms with van der Waals surface area (Å²) in [5.74, 6) is 1.41. The smallest absolute Gasteiger partial charge is 0.162 e. The van der Waals surface area contributed by atoms with Gasteiger partial charge in [-0.15, -0.1) is 0 Å². The second kappa shape index (κ2) is 7.72. The molecule has 0 unspecified atom stereocenters. The maximum Gasteiger partial charge on any atom is 0.162 e. The van der Waals surface area contributed by atoms with E-state index in [4.69, 9.17) is 25.8 Å². The molecule has 1 aliphatic heterocycles. The van der Waals surface area contributed by atoms with Crippen molar-refractivity contribution in [2.45, 2.75) is 12.8 Å². The quantitative estimate of drug-likeness (QED) is 0.808. The number of ether oxygens (including phenoxy) is 3. The van der Waals surface area contributed by atoms with Crippen molar-refractivity contribution in [3.8, 4) is 11.5 Å². The molecule has 1 aromatic carbocycles. The number of hydrogen-bond donors (Lipinski definition) is 0. The zero-order chi connectivity index (χ0) is 14.4. The number of morpholine rings is 1. The summed E-state index contributed by atoms with van der Waals surface area (Å²) in [6.07, 6.45) is 2.02. The Bertz CT molecular complexity index is 433. The summed E-state index contributed by atoms with van der Waals surface area (Å²) in [5.41, 5.74) is 1.11. The van der Waals surface area contributed by atoms with Crippen LogP contribution in [0.1, 0.15) is 12.0 Å². The van der Waals surface area contributed by atoms with Gasteiger partial charge in [0.2, 0.25) is 0 Å². The van der Waals surface area contributed by atoms with Crippen LogP contribution in [0.25, 0.3) is 0 Å². The first-order chi connectivity index (χ1) is 9.74. The first-order valence-corrected chi connectivity index (χ1v) is 7.33. The molecule has 1 fully saturated rings. The van der Waals surface area contributed by atoms with E-state index in [1.807, 2.05) is 12.1 Å². The molecule has 0 N–H and O–H groups in total.